The van der Waals surface area contributed by atoms with Gasteiger partial charge in [0.2, 0.25) is 0 Å². The van der Waals surface area contributed by atoms with Gasteiger partial charge in [-0.2, -0.15) is 5.10 Å². The maximum atomic E-state index is 13.4. The topological polar surface area (TPSA) is 75.3 Å². The predicted molar refractivity (Wildman–Crippen MR) is 101 cm³/mol. The fourth-order valence-electron chi connectivity index (χ4n) is 4.90. The summed E-state index contributed by atoms with van der Waals surface area (Å²) in [5.74, 6) is -0.142. The number of H-pyrrole nitrogens is 1. The molecule has 6 nitrogen and oxygen atoms in total. The van der Waals surface area contributed by atoms with Crippen molar-refractivity contribution in [1.29, 1.82) is 0 Å². The molecular weight excluding hydrogens is 342 g/mol. The number of carbonyl (C=O) groups excluding carboxylic acids is 2. The van der Waals surface area contributed by atoms with Crippen LogP contribution in [0, 0.1) is 5.41 Å². The van der Waals surface area contributed by atoms with Crippen LogP contribution in [-0.4, -0.2) is 45.7 Å². The summed E-state index contributed by atoms with van der Waals surface area (Å²) in [4.78, 5) is 28.0. The number of carbonyl (C=O) groups is 2. The van der Waals surface area contributed by atoms with Crippen LogP contribution in [0.5, 0.6) is 0 Å². The van der Waals surface area contributed by atoms with E-state index >= 15 is 0 Å². The van der Waals surface area contributed by atoms with Crippen LogP contribution in [-0.2, 0) is 9.53 Å². The van der Waals surface area contributed by atoms with E-state index in [-0.39, 0.29) is 24.0 Å². The molecule has 142 valence electrons. The minimum atomic E-state index is -0.559. The smallest absolute Gasteiger partial charge is 0.314 e. The molecule has 1 amide bonds. The lowest BCUT2D eigenvalue weighted by Gasteiger charge is -2.34. The van der Waals surface area contributed by atoms with Crippen molar-refractivity contribution in [3.8, 4) is 11.1 Å². The first-order valence-electron chi connectivity index (χ1n) is 9.69. The van der Waals surface area contributed by atoms with E-state index in [4.69, 9.17) is 4.74 Å². The largest absolute Gasteiger partial charge is 0.466 e. The van der Waals surface area contributed by atoms with Crippen molar-refractivity contribution in [3.63, 3.8) is 0 Å². The highest BCUT2D eigenvalue weighted by molar-refractivity contribution is 5.97. The second-order valence-electron chi connectivity index (χ2n) is 7.46. The minimum absolute atomic E-state index is 0.00692. The van der Waals surface area contributed by atoms with Crippen molar-refractivity contribution < 1.29 is 14.3 Å². The summed E-state index contributed by atoms with van der Waals surface area (Å²) in [5, 5.41) is 6.78. The van der Waals surface area contributed by atoms with Crippen molar-refractivity contribution in [2.24, 2.45) is 5.41 Å². The molecule has 2 aliphatic rings. The van der Waals surface area contributed by atoms with Gasteiger partial charge in [-0.3, -0.25) is 14.7 Å². The molecule has 1 N–H and O–H groups in total. The average molecular weight is 367 g/mol. The fraction of sp³-hybridized carbons (Fsp3) is 0.476. The Balaban J connectivity index is 1.63. The second-order valence-corrected chi connectivity index (χ2v) is 7.46. The number of aromatic amines is 1. The summed E-state index contributed by atoms with van der Waals surface area (Å²) in [5.41, 5.74) is 2.00. The maximum Gasteiger partial charge on any atom is 0.314 e. The van der Waals surface area contributed by atoms with Gasteiger partial charge in [0.15, 0.2) is 0 Å². The van der Waals surface area contributed by atoms with Crippen LogP contribution >= 0.6 is 0 Å². The number of amides is 1. The first kappa shape index (κ1) is 17.8. The molecule has 3 atom stereocenters. The van der Waals surface area contributed by atoms with E-state index in [1.165, 1.54) is 0 Å². The second kappa shape index (κ2) is 6.83. The Hall–Kier alpha value is -2.63. The molecule has 0 radical (unpaired) electrons. The lowest BCUT2D eigenvalue weighted by molar-refractivity contribution is -0.157. The molecular formula is C21H25N3O3. The van der Waals surface area contributed by atoms with E-state index in [2.05, 4.69) is 10.2 Å². The van der Waals surface area contributed by atoms with Crippen molar-refractivity contribution in [2.45, 2.75) is 51.6 Å². The van der Waals surface area contributed by atoms with Gasteiger partial charge in [0.05, 0.1) is 18.2 Å². The van der Waals surface area contributed by atoms with E-state index in [0.29, 0.717) is 25.0 Å². The lowest BCUT2D eigenvalue weighted by Crippen LogP contribution is -2.45. The molecule has 0 spiro atoms. The molecule has 0 saturated carbocycles. The number of esters is 1. The van der Waals surface area contributed by atoms with Gasteiger partial charge in [-0.05, 0) is 50.3 Å². The molecule has 0 aliphatic carbocycles. The number of hydrogen-bond acceptors (Lipinski definition) is 4. The number of ether oxygens (including phenoxy) is 1. The molecule has 2 fully saturated rings. The number of aromatic nitrogens is 2. The molecule has 2 aliphatic heterocycles. The maximum absolute atomic E-state index is 13.4. The van der Waals surface area contributed by atoms with E-state index in [9.17, 15) is 9.59 Å². The van der Waals surface area contributed by atoms with Crippen LogP contribution in [0.3, 0.4) is 0 Å². The summed E-state index contributed by atoms with van der Waals surface area (Å²) >= 11 is 0. The van der Waals surface area contributed by atoms with Crippen molar-refractivity contribution in [2.75, 3.05) is 6.61 Å². The number of benzene rings is 1. The van der Waals surface area contributed by atoms with Crippen LogP contribution in [0.25, 0.3) is 11.1 Å². The molecule has 2 bridgehead atoms. The Morgan fingerprint density at radius 1 is 1.30 bits per heavy atom. The van der Waals surface area contributed by atoms with Crippen LogP contribution in [0.1, 0.15) is 49.9 Å². The molecule has 6 heteroatoms. The van der Waals surface area contributed by atoms with Crippen molar-refractivity contribution >= 4 is 11.9 Å². The van der Waals surface area contributed by atoms with Gasteiger partial charge in [-0.25, -0.2) is 0 Å². The minimum Gasteiger partial charge on any atom is -0.466 e. The number of nitrogens with zero attached hydrogens (tertiary/aromatic N) is 2. The van der Waals surface area contributed by atoms with Crippen LogP contribution in [0.4, 0.5) is 0 Å². The summed E-state index contributed by atoms with van der Waals surface area (Å²) in [6.45, 7) is 4.23. The van der Waals surface area contributed by atoms with E-state index in [1.54, 1.807) is 6.20 Å². The lowest BCUT2D eigenvalue weighted by atomic mass is 9.72. The molecule has 27 heavy (non-hydrogen) atoms. The highest BCUT2D eigenvalue weighted by Gasteiger charge is 2.61. The molecule has 2 saturated heterocycles. The van der Waals surface area contributed by atoms with Gasteiger partial charge < -0.3 is 9.64 Å². The third-order valence-electron chi connectivity index (χ3n) is 6.23. The Kier molecular flexibility index (Phi) is 4.50. The summed E-state index contributed by atoms with van der Waals surface area (Å²) in [6, 6.07) is 7.66. The number of rotatable bonds is 5. The fourth-order valence-corrected chi connectivity index (χ4v) is 4.90. The standard InChI is InChI=1S/C21H25N3O3/c1-3-21(20(26)27-4-2)11-17-8-9-18(21)24(17)19(25)15-7-5-6-14(10-15)16-12-22-23-13-16/h5-7,10,12-13,17-18H,3-4,8-9,11H2,1-2H3,(H,22,23)/t17-,18+,21+/m1/s1. The molecule has 2 aromatic rings. The third-order valence-corrected chi connectivity index (χ3v) is 6.23. The van der Waals surface area contributed by atoms with E-state index in [0.717, 1.165) is 24.0 Å². The summed E-state index contributed by atoms with van der Waals surface area (Å²) < 4.78 is 5.39. The van der Waals surface area contributed by atoms with Crippen LogP contribution in [0.2, 0.25) is 0 Å². The molecule has 1 aromatic carbocycles. The molecule has 1 aromatic heterocycles. The summed E-state index contributed by atoms with van der Waals surface area (Å²) in [7, 11) is 0. The normalized spacial score (nSPS) is 26.4. The van der Waals surface area contributed by atoms with Gasteiger partial charge in [0.25, 0.3) is 5.91 Å². The zero-order valence-corrected chi connectivity index (χ0v) is 15.8. The van der Waals surface area contributed by atoms with Gasteiger partial charge in [0, 0.05) is 29.4 Å². The zero-order valence-electron chi connectivity index (χ0n) is 15.8. The average Bonchev–Trinajstić information content (AvgIpc) is 3.43. The SMILES string of the molecule is CCOC(=O)[C@@]1(CC)C[C@H]2CC[C@@H]1N2C(=O)c1cccc(-c2cn[nH]c2)c1. The van der Waals surface area contributed by atoms with Crippen LogP contribution in [0.15, 0.2) is 36.7 Å². The van der Waals surface area contributed by atoms with Gasteiger partial charge >= 0.3 is 5.97 Å². The Morgan fingerprint density at radius 2 is 2.15 bits per heavy atom. The molecule has 0 unspecified atom stereocenters. The zero-order chi connectivity index (χ0) is 19.0. The monoisotopic (exact) mass is 367 g/mol. The predicted octanol–water partition coefficient (Wildman–Crippen LogP) is 3.41. The first-order chi connectivity index (χ1) is 13.1. The number of fused-ring (bicyclic) bond motifs is 2. The molecule has 3 heterocycles. The van der Waals surface area contributed by atoms with Gasteiger partial charge in [-0.1, -0.05) is 19.1 Å². The highest BCUT2D eigenvalue weighted by Crippen LogP contribution is 2.52. The van der Waals surface area contributed by atoms with Gasteiger partial charge in [0.1, 0.15) is 0 Å². The first-order valence-corrected chi connectivity index (χ1v) is 9.69. The number of hydrogen-bond donors (Lipinski definition) is 1. The summed E-state index contributed by atoms with van der Waals surface area (Å²) in [6.07, 6.45) is 6.79. The quantitative estimate of drug-likeness (QED) is 0.822. The Morgan fingerprint density at radius 3 is 2.85 bits per heavy atom. The number of nitrogens with one attached hydrogen (secondary N) is 1. The van der Waals surface area contributed by atoms with Crippen molar-refractivity contribution in [1.82, 2.24) is 15.1 Å². The Labute approximate surface area is 158 Å². The highest BCUT2D eigenvalue weighted by atomic mass is 16.5. The van der Waals surface area contributed by atoms with Gasteiger partial charge in [-0.15, -0.1) is 0 Å². The third kappa shape index (κ3) is 2.74. The Bertz CT molecular complexity index is 848. The molecule has 4 rings (SSSR count). The van der Waals surface area contributed by atoms with Crippen LogP contribution < -0.4 is 0 Å². The van der Waals surface area contributed by atoms with E-state index in [1.807, 2.05) is 49.2 Å². The van der Waals surface area contributed by atoms with Crippen molar-refractivity contribution in [3.05, 3.63) is 42.2 Å². The van der Waals surface area contributed by atoms with E-state index < -0.39 is 5.41 Å².